The lowest BCUT2D eigenvalue weighted by molar-refractivity contribution is -0.141. The highest BCUT2D eigenvalue weighted by atomic mass is 32.2. The van der Waals surface area contributed by atoms with E-state index < -0.39 is 74.3 Å². The van der Waals surface area contributed by atoms with E-state index in [-0.39, 0.29) is 19.4 Å². The molecular weight excluding hydrogens is 725 g/mol. The molecule has 4 aliphatic rings. The lowest BCUT2D eigenvalue weighted by atomic mass is 10.0. The van der Waals surface area contributed by atoms with E-state index in [9.17, 15) is 27.6 Å². The number of amides is 4. The average Bonchev–Trinajstić information content (AvgIpc) is 4.01. The molecule has 3 fully saturated rings. The van der Waals surface area contributed by atoms with Crippen LogP contribution in [0.1, 0.15) is 84.6 Å². The van der Waals surface area contributed by atoms with E-state index >= 15 is 0 Å². The monoisotopic (exact) mass is 772 g/mol. The quantitative estimate of drug-likeness (QED) is 0.295. The van der Waals surface area contributed by atoms with Gasteiger partial charge in [-0.3, -0.25) is 19.1 Å². The minimum absolute atomic E-state index is 0.0157. The Balaban J connectivity index is 1.18. The molecule has 1 aromatic heterocycles. The van der Waals surface area contributed by atoms with Gasteiger partial charge in [0.2, 0.25) is 27.7 Å². The van der Waals surface area contributed by atoms with Crippen molar-refractivity contribution in [2.75, 3.05) is 6.54 Å². The Morgan fingerprint density at radius 3 is 2.45 bits per heavy atom. The Morgan fingerprint density at radius 1 is 0.964 bits per heavy atom. The highest BCUT2D eigenvalue weighted by Crippen LogP contribution is 2.46. The number of tetrazole rings is 1. The number of fused-ring (bicyclic) bond motifs is 2. The van der Waals surface area contributed by atoms with E-state index in [2.05, 4.69) is 30.8 Å². The summed E-state index contributed by atoms with van der Waals surface area (Å²) < 4.78 is 33.4. The standard InChI is InChI=1S/C39H48N8O7S/c1-38(2,3)54-37(51)40-31-18-11-6-4-5-10-17-28-23-39(28,36(50)44-55(52,53)30-19-20-30)41-34(48)32-22-29(24-46(32)35(31)49)47-43-33(42-45-47)27-16-12-15-26(21-27)25-13-8-7-9-14-25/h7-10,12-17,21,28-32H,4-6,11,18-20,22-24H2,1-3H3,(H,40,51)(H,41,48)(H,44,50)/b17-10-/t28-,29-,31-,32+,39+/m1/s1. The van der Waals surface area contributed by atoms with E-state index in [4.69, 9.17) is 4.74 Å². The number of allylic oxidation sites excluding steroid dienone is 1. The first-order valence-electron chi connectivity index (χ1n) is 19.0. The maximum atomic E-state index is 14.5. The van der Waals surface area contributed by atoms with Gasteiger partial charge >= 0.3 is 6.09 Å². The normalized spacial score (nSPS) is 26.7. The fourth-order valence-corrected chi connectivity index (χ4v) is 8.72. The Labute approximate surface area is 320 Å². The third-order valence-electron chi connectivity index (χ3n) is 10.5. The van der Waals surface area contributed by atoms with Gasteiger partial charge in [-0.05, 0) is 81.7 Å². The first kappa shape index (κ1) is 38.2. The summed E-state index contributed by atoms with van der Waals surface area (Å²) in [4.78, 5) is 58.4. The van der Waals surface area contributed by atoms with Crippen molar-refractivity contribution in [1.29, 1.82) is 0 Å². The Kier molecular flexibility index (Phi) is 10.5. The van der Waals surface area contributed by atoms with E-state index in [0.717, 1.165) is 29.5 Å². The summed E-state index contributed by atoms with van der Waals surface area (Å²) in [5.41, 5.74) is 0.432. The largest absolute Gasteiger partial charge is 0.444 e. The van der Waals surface area contributed by atoms with E-state index in [1.54, 1.807) is 20.8 Å². The Hall–Kier alpha value is -5.12. The van der Waals surface area contributed by atoms with Crippen LogP contribution in [0.3, 0.4) is 0 Å². The van der Waals surface area contributed by atoms with Crippen LogP contribution < -0.4 is 15.4 Å². The van der Waals surface area contributed by atoms with Gasteiger partial charge in [0.1, 0.15) is 23.2 Å². The second kappa shape index (κ2) is 15.2. The summed E-state index contributed by atoms with van der Waals surface area (Å²) in [6.45, 7) is 5.21. The van der Waals surface area contributed by atoms with Gasteiger partial charge in [-0.15, -0.1) is 10.2 Å². The van der Waals surface area contributed by atoms with Crippen molar-refractivity contribution < 1.29 is 32.3 Å². The molecule has 2 aliphatic carbocycles. The number of nitrogens with one attached hydrogen (secondary N) is 3. The maximum Gasteiger partial charge on any atom is 0.408 e. The fourth-order valence-electron chi connectivity index (χ4n) is 7.36. The SMILES string of the molecule is CC(C)(C)OC(=O)N[C@@H]1CCCCC/C=C\[C@@H]2C[C@]2(C(=O)NS(=O)(=O)C2CC2)NC(=O)[C@@H]2C[C@@H](n3nnc(-c4cccc(-c5ccccc5)c4)n3)CN2C1=O. The minimum Gasteiger partial charge on any atom is -0.444 e. The Morgan fingerprint density at radius 2 is 1.71 bits per heavy atom. The number of alkyl carbamates (subject to hydrolysis) is 1. The van der Waals surface area contributed by atoms with Gasteiger partial charge in [0.25, 0.3) is 5.91 Å². The van der Waals surface area contributed by atoms with E-state index in [0.29, 0.717) is 37.9 Å². The van der Waals surface area contributed by atoms with E-state index in [1.807, 2.05) is 66.7 Å². The molecule has 292 valence electrons. The molecule has 2 aliphatic heterocycles. The highest BCUT2D eigenvalue weighted by Gasteiger charge is 2.62. The molecule has 4 amide bonds. The first-order valence-corrected chi connectivity index (χ1v) is 20.6. The summed E-state index contributed by atoms with van der Waals surface area (Å²) >= 11 is 0. The molecule has 2 saturated carbocycles. The third kappa shape index (κ3) is 8.74. The minimum atomic E-state index is -3.89. The number of carbonyl (C=O) groups is 4. The molecule has 3 aromatic rings. The summed E-state index contributed by atoms with van der Waals surface area (Å²) in [7, 11) is -3.89. The molecule has 7 rings (SSSR count). The van der Waals surface area contributed by atoms with Crippen molar-refractivity contribution in [3.05, 3.63) is 66.7 Å². The van der Waals surface area contributed by atoms with E-state index in [1.165, 1.54) is 9.70 Å². The number of carbonyl (C=O) groups excluding carboxylic acids is 4. The smallest absolute Gasteiger partial charge is 0.408 e. The van der Waals surface area contributed by atoms with Gasteiger partial charge in [-0.25, -0.2) is 13.2 Å². The topological polar surface area (TPSA) is 195 Å². The zero-order valence-corrected chi connectivity index (χ0v) is 32.1. The molecule has 2 aromatic carbocycles. The molecule has 0 spiro atoms. The number of benzene rings is 2. The van der Waals surface area contributed by atoms with Gasteiger partial charge in [0, 0.05) is 24.4 Å². The number of sulfonamides is 1. The van der Waals surface area contributed by atoms with Crippen LogP contribution in [-0.4, -0.2) is 92.4 Å². The van der Waals surface area contributed by atoms with Crippen molar-refractivity contribution in [2.45, 2.75) is 113 Å². The van der Waals surface area contributed by atoms with Crippen molar-refractivity contribution in [3.8, 4) is 22.5 Å². The third-order valence-corrected chi connectivity index (χ3v) is 12.4. The van der Waals surface area contributed by atoms with Gasteiger partial charge in [0.05, 0.1) is 11.3 Å². The number of hydrogen-bond donors (Lipinski definition) is 3. The lowest BCUT2D eigenvalue weighted by Crippen LogP contribution is -2.58. The predicted octanol–water partition coefficient (Wildman–Crippen LogP) is 4.05. The van der Waals surface area contributed by atoms with Crippen LogP contribution in [0.25, 0.3) is 22.5 Å². The zero-order chi connectivity index (χ0) is 39.0. The van der Waals surface area contributed by atoms with Crippen molar-refractivity contribution in [1.82, 2.24) is 40.5 Å². The molecule has 0 unspecified atom stereocenters. The molecule has 0 bridgehead atoms. The molecular formula is C39H48N8O7S. The van der Waals surface area contributed by atoms with Crippen molar-refractivity contribution in [3.63, 3.8) is 0 Å². The van der Waals surface area contributed by atoms with Crippen molar-refractivity contribution >= 4 is 33.8 Å². The number of hydrogen-bond acceptors (Lipinski definition) is 10. The molecule has 55 heavy (non-hydrogen) atoms. The fraction of sp³-hybridized carbons (Fsp3) is 0.513. The van der Waals surface area contributed by atoms with Crippen LogP contribution in [0.15, 0.2) is 66.7 Å². The molecule has 5 atom stereocenters. The summed E-state index contributed by atoms with van der Waals surface area (Å²) in [6.07, 6.45) is 7.49. The predicted molar refractivity (Wildman–Crippen MR) is 202 cm³/mol. The number of rotatable bonds is 7. The molecule has 1 saturated heterocycles. The molecule has 3 heterocycles. The van der Waals surface area contributed by atoms with Crippen LogP contribution in [0.5, 0.6) is 0 Å². The van der Waals surface area contributed by atoms with Crippen LogP contribution in [0, 0.1) is 5.92 Å². The average molecular weight is 773 g/mol. The second-order valence-electron chi connectivity index (χ2n) is 16.0. The molecule has 16 heteroatoms. The number of aromatic nitrogens is 4. The first-order chi connectivity index (χ1) is 26.2. The van der Waals surface area contributed by atoms with Gasteiger partial charge in [-0.1, -0.05) is 73.5 Å². The summed E-state index contributed by atoms with van der Waals surface area (Å²) in [6, 6.07) is 15.0. The lowest BCUT2D eigenvalue weighted by Gasteiger charge is -2.30. The summed E-state index contributed by atoms with van der Waals surface area (Å²) in [5, 5.41) is 18.4. The number of nitrogens with zero attached hydrogens (tertiary/aromatic N) is 5. The van der Waals surface area contributed by atoms with Gasteiger partial charge < -0.3 is 20.3 Å². The summed E-state index contributed by atoms with van der Waals surface area (Å²) in [5.74, 6) is -1.95. The van der Waals surface area contributed by atoms with Crippen LogP contribution >= 0.6 is 0 Å². The molecule has 3 N–H and O–H groups in total. The van der Waals surface area contributed by atoms with Crippen LogP contribution in [0.4, 0.5) is 4.79 Å². The second-order valence-corrected chi connectivity index (χ2v) is 17.9. The van der Waals surface area contributed by atoms with Crippen LogP contribution in [0.2, 0.25) is 0 Å². The number of ether oxygens (including phenoxy) is 1. The molecule has 0 radical (unpaired) electrons. The van der Waals surface area contributed by atoms with Gasteiger partial charge in [-0.2, -0.15) is 4.80 Å². The van der Waals surface area contributed by atoms with Crippen LogP contribution in [-0.2, 0) is 29.1 Å². The zero-order valence-electron chi connectivity index (χ0n) is 31.3. The van der Waals surface area contributed by atoms with Gasteiger partial charge in [0.15, 0.2) is 0 Å². The maximum absolute atomic E-state index is 14.5. The molecule has 15 nitrogen and oxygen atoms in total. The highest BCUT2D eigenvalue weighted by molar-refractivity contribution is 7.91. The van der Waals surface area contributed by atoms with Crippen molar-refractivity contribution in [2.24, 2.45) is 5.92 Å². The Bertz CT molecular complexity index is 2080.